The maximum atomic E-state index is 11.9. The smallest absolute Gasteiger partial charge is 0.361 e. The van der Waals surface area contributed by atoms with Gasteiger partial charge in [0.05, 0.1) is 20.7 Å². The van der Waals surface area contributed by atoms with Crippen LogP contribution in [0.5, 0.6) is 0 Å². The SMILES string of the molecule is CCCCCCCCOC(=O)C[N+](C)(C)Cc1ccccc1. The van der Waals surface area contributed by atoms with Crippen molar-refractivity contribution in [1.29, 1.82) is 0 Å². The Balaban J connectivity index is 2.17. The molecule has 3 nitrogen and oxygen atoms in total. The van der Waals surface area contributed by atoms with Gasteiger partial charge < -0.3 is 9.22 Å². The van der Waals surface area contributed by atoms with Crippen LogP contribution in [-0.4, -0.2) is 37.7 Å². The Hall–Kier alpha value is -1.35. The molecule has 0 fully saturated rings. The summed E-state index contributed by atoms with van der Waals surface area (Å²) >= 11 is 0. The van der Waals surface area contributed by atoms with Gasteiger partial charge >= 0.3 is 5.97 Å². The molecule has 22 heavy (non-hydrogen) atoms. The summed E-state index contributed by atoms with van der Waals surface area (Å²) in [6.07, 6.45) is 7.28. The Morgan fingerprint density at radius 2 is 1.64 bits per heavy atom. The van der Waals surface area contributed by atoms with E-state index in [1.165, 1.54) is 31.2 Å². The van der Waals surface area contributed by atoms with Crippen LogP contribution >= 0.6 is 0 Å². The lowest BCUT2D eigenvalue weighted by atomic mass is 10.1. The first-order valence-electron chi connectivity index (χ1n) is 8.55. The van der Waals surface area contributed by atoms with Gasteiger partial charge in [0, 0.05) is 5.56 Å². The molecule has 0 radical (unpaired) electrons. The van der Waals surface area contributed by atoms with E-state index >= 15 is 0 Å². The quantitative estimate of drug-likeness (QED) is 0.348. The number of carbonyl (C=O) groups is 1. The molecule has 0 aliphatic heterocycles. The van der Waals surface area contributed by atoms with Crippen LogP contribution in [0.25, 0.3) is 0 Å². The van der Waals surface area contributed by atoms with E-state index in [2.05, 4.69) is 33.2 Å². The minimum Gasteiger partial charge on any atom is -0.462 e. The van der Waals surface area contributed by atoms with Crippen molar-refractivity contribution in [2.45, 2.75) is 52.0 Å². The molecule has 1 aromatic carbocycles. The van der Waals surface area contributed by atoms with Crippen LogP contribution in [0.1, 0.15) is 51.0 Å². The zero-order valence-corrected chi connectivity index (χ0v) is 14.5. The molecule has 0 atom stereocenters. The second-order valence-corrected chi connectivity index (χ2v) is 6.73. The van der Waals surface area contributed by atoms with Gasteiger partial charge in [-0.05, 0) is 6.42 Å². The number of esters is 1. The van der Waals surface area contributed by atoms with Crippen LogP contribution < -0.4 is 0 Å². The van der Waals surface area contributed by atoms with Gasteiger partial charge in [-0.25, -0.2) is 4.79 Å². The molecule has 124 valence electrons. The third-order valence-corrected chi connectivity index (χ3v) is 3.77. The van der Waals surface area contributed by atoms with Crippen LogP contribution in [0.4, 0.5) is 0 Å². The third kappa shape index (κ3) is 8.83. The molecular weight excluding hydrogens is 274 g/mol. The molecule has 3 heteroatoms. The van der Waals surface area contributed by atoms with E-state index in [-0.39, 0.29) is 5.97 Å². The largest absolute Gasteiger partial charge is 0.462 e. The number of ether oxygens (including phenoxy) is 1. The van der Waals surface area contributed by atoms with E-state index in [0.717, 1.165) is 19.4 Å². The Kier molecular flexibility index (Phi) is 8.83. The maximum Gasteiger partial charge on any atom is 0.361 e. The van der Waals surface area contributed by atoms with Gasteiger partial charge in [-0.3, -0.25) is 0 Å². The van der Waals surface area contributed by atoms with E-state index in [1.807, 2.05) is 18.2 Å². The number of carbonyl (C=O) groups excluding carboxylic acids is 1. The molecule has 0 aliphatic carbocycles. The van der Waals surface area contributed by atoms with Gasteiger partial charge in [-0.1, -0.05) is 69.4 Å². The highest BCUT2D eigenvalue weighted by atomic mass is 16.5. The lowest BCUT2D eigenvalue weighted by Gasteiger charge is -2.28. The molecule has 0 heterocycles. The van der Waals surface area contributed by atoms with Crippen molar-refractivity contribution in [3.05, 3.63) is 35.9 Å². The van der Waals surface area contributed by atoms with Crippen molar-refractivity contribution in [3.63, 3.8) is 0 Å². The van der Waals surface area contributed by atoms with Gasteiger partial charge in [0.1, 0.15) is 6.54 Å². The average molecular weight is 306 g/mol. The summed E-state index contributed by atoms with van der Waals surface area (Å²) in [5.41, 5.74) is 1.25. The van der Waals surface area contributed by atoms with Gasteiger partial charge in [-0.2, -0.15) is 0 Å². The van der Waals surface area contributed by atoms with Crippen LogP contribution in [0.3, 0.4) is 0 Å². The average Bonchev–Trinajstić information content (AvgIpc) is 2.46. The summed E-state index contributed by atoms with van der Waals surface area (Å²) in [5.74, 6) is -0.0884. The Morgan fingerprint density at radius 1 is 1.00 bits per heavy atom. The lowest BCUT2D eigenvalue weighted by molar-refractivity contribution is -0.896. The summed E-state index contributed by atoms with van der Waals surface area (Å²) in [6, 6.07) is 10.3. The Bertz CT molecular complexity index is 415. The maximum absolute atomic E-state index is 11.9. The number of quaternary nitrogens is 1. The van der Waals surface area contributed by atoms with Crippen molar-refractivity contribution in [2.75, 3.05) is 27.2 Å². The van der Waals surface area contributed by atoms with Gasteiger partial charge in [0.15, 0.2) is 6.54 Å². The first-order valence-corrected chi connectivity index (χ1v) is 8.55. The van der Waals surface area contributed by atoms with Crippen molar-refractivity contribution >= 4 is 5.97 Å². The van der Waals surface area contributed by atoms with Crippen molar-refractivity contribution in [1.82, 2.24) is 0 Å². The minimum absolute atomic E-state index is 0.0884. The highest BCUT2D eigenvalue weighted by molar-refractivity contribution is 5.70. The molecule has 0 unspecified atom stereocenters. The molecule has 0 amide bonds. The zero-order valence-electron chi connectivity index (χ0n) is 14.5. The first-order chi connectivity index (χ1) is 10.5. The highest BCUT2D eigenvalue weighted by Gasteiger charge is 2.21. The molecule has 0 saturated carbocycles. The van der Waals surface area contributed by atoms with E-state index in [4.69, 9.17) is 4.74 Å². The number of rotatable bonds is 11. The van der Waals surface area contributed by atoms with E-state index in [9.17, 15) is 4.79 Å². The van der Waals surface area contributed by atoms with Crippen molar-refractivity contribution in [3.8, 4) is 0 Å². The van der Waals surface area contributed by atoms with Crippen LogP contribution in [0, 0.1) is 0 Å². The van der Waals surface area contributed by atoms with E-state index < -0.39 is 0 Å². The Morgan fingerprint density at radius 3 is 2.32 bits per heavy atom. The number of nitrogens with zero attached hydrogens (tertiary/aromatic N) is 1. The number of benzene rings is 1. The molecule has 1 rings (SSSR count). The van der Waals surface area contributed by atoms with Crippen molar-refractivity contribution in [2.24, 2.45) is 0 Å². The van der Waals surface area contributed by atoms with Gasteiger partial charge in [0.25, 0.3) is 0 Å². The fourth-order valence-corrected chi connectivity index (χ4v) is 2.60. The van der Waals surface area contributed by atoms with Gasteiger partial charge in [0.2, 0.25) is 0 Å². The summed E-state index contributed by atoms with van der Waals surface area (Å²) in [5, 5.41) is 0. The minimum atomic E-state index is -0.0884. The molecule has 0 saturated heterocycles. The molecule has 0 aliphatic rings. The van der Waals surface area contributed by atoms with Crippen LogP contribution in [0.15, 0.2) is 30.3 Å². The number of hydrogen-bond donors (Lipinski definition) is 0. The molecular formula is C19H32NO2+. The number of unbranched alkanes of at least 4 members (excludes halogenated alkanes) is 5. The van der Waals surface area contributed by atoms with Crippen LogP contribution in [0.2, 0.25) is 0 Å². The van der Waals surface area contributed by atoms with E-state index in [1.54, 1.807) is 0 Å². The second kappa shape index (κ2) is 10.4. The standard InChI is InChI=1S/C19H32NO2/c1-4-5-6-7-8-12-15-22-19(21)17-20(2,3)16-18-13-10-9-11-14-18/h9-11,13-14H,4-8,12,15-17H2,1-3H3/q+1. The third-order valence-electron chi connectivity index (χ3n) is 3.77. The normalized spacial score (nSPS) is 11.4. The molecule has 0 spiro atoms. The number of hydrogen-bond acceptors (Lipinski definition) is 2. The Labute approximate surface area is 135 Å². The second-order valence-electron chi connectivity index (χ2n) is 6.73. The summed E-state index contributed by atoms with van der Waals surface area (Å²) in [7, 11) is 4.14. The van der Waals surface area contributed by atoms with E-state index in [0.29, 0.717) is 17.6 Å². The summed E-state index contributed by atoms with van der Waals surface area (Å²) in [4.78, 5) is 11.9. The summed E-state index contributed by atoms with van der Waals surface area (Å²) < 4.78 is 5.99. The molecule has 0 bridgehead atoms. The van der Waals surface area contributed by atoms with Gasteiger partial charge in [-0.15, -0.1) is 0 Å². The monoisotopic (exact) mass is 306 g/mol. The van der Waals surface area contributed by atoms with Crippen molar-refractivity contribution < 1.29 is 14.0 Å². The van der Waals surface area contributed by atoms with Crippen LogP contribution in [-0.2, 0) is 16.1 Å². The molecule has 0 aromatic heterocycles. The molecule has 1 aromatic rings. The fourth-order valence-electron chi connectivity index (χ4n) is 2.60. The summed E-state index contributed by atoms with van der Waals surface area (Å²) in [6.45, 7) is 4.05. The highest BCUT2D eigenvalue weighted by Crippen LogP contribution is 2.09. The fraction of sp³-hybridized carbons (Fsp3) is 0.632. The predicted molar refractivity (Wildman–Crippen MR) is 91.5 cm³/mol. The molecule has 0 N–H and O–H groups in total. The number of likely N-dealkylation sites (N-methyl/N-ethyl adjacent to an activating group) is 1. The predicted octanol–water partition coefficient (Wildman–Crippen LogP) is 4.17. The first kappa shape index (κ1) is 18.7. The zero-order chi connectivity index (χ0) is 16.3. The topological polar surface area (TPSA) is 26.3 Å². The lowest BCUT2D eigenvalue weighted by Crippen LogP contribution is -2.43.